The fourth-order valence-electron chi connectivity index (χ4n) is 2.78. The van der Waals surface area contributed by atoms with Crippen molar-refractivity contribution in [2.45, 2.75) is 25.8 Å². The highest BCUT2D eigenvalue weighted by atomic mass is 16.5. The van der Waals surface area contributed by atoms with Crippen molar-refractivity contribution in [1.82, 2.24) is 10.3 Å². The SMILES string of the molecule is COCCC1(CNCc2cccc3[nH]ccc23)CC1. The number of nitrogens with one attached hydrogen (secondary N) is 2. The predicted octanol–water partition coefficient (Wildman–Crippen LogP) is 3.07. The molecular weight excluding hydrogens is 236 g/mol. The molecule has 1 saturated carbocycles. The van der Waals surface area contributed by atoms with Crippen molar-refractivity contribution >= 4 is 10.9 Å². The Labute approximate surface area is 114 Å². The first-order valence-electron chi connectivity index (χ1n) is 7.08. The van der Waals surface area contributed by atoms with Crippen molar-refractivity contribution in [2.24, 2.45) is 5.41 Å². The predicted molar refractivity (Wildman–Crippen MR) is 78.2 cm³/mol. The Balaban J connectivity index is 1.56. The van der Waals surface area contributed by atoms with Gasteiger partial charge < -0.3 is 15.0 Å². The normalized spacial score (nSPS) is 16.9. The van der Waals surface area contributed by atoms with Gasteiger partial charge in [0.05, 0.1) is 0 Å². The quantitative estimate of drug-likeness (QED) is 0.801. The Morgan fingerprint density at radius 2 is 2.21 bits per heavy atom. The summed E-state index contributed by atoms with van der Waals surface area (Å²) >= 11 is 0. The number of fused-ring (bicyclic) bond motifs is 1. The van der Waals surface area contributed by atoms with Crippen LogP contribution in [-0.4, -0.2) is 25.2 Å². The van der Waals surface area contributed by atoms with Gasteiger partial charge in [0.15, 0.2) is 0 Å². The summed E-state index contributed by atoms with van der Waals surface area (Å²) in [5, 5.41) is 4.96. The number of hydrogen-bond acceptors (Lipinski definition) is 2. The highest BCUT2D eigenvalue weighted by Crippen LogP contribution is 2.48. The van der Waals surface area contributed by atoms with E-state index in [0.717, 1.165) is 19.7 Å². The van der Waals surface area contributed by atoms with Crippen LogP contribution in [0, 0.1) is 5.41 Å². The van der Waals surface area contributed by atoms with Crippen LogP contribution in [0.3, 0.4) is 0 Å². The van der Waals surface area contributed by atoms with Crippen molar-refractivity contribution in [2.75, 3.05) is 20.3 Å². The molecule has 2 N–H and O–H groups in total. The van der Waals surface area contributed by atoms with E-state index in [2.05, 4.69) is 34.6 Å². The summed E-state index contributed by atoms with van der Waals surface area (Å²) in [4.78, 5) is 3.26. The minimum Gasteiger partial charge on any atom is -0.385 e. The number of rotatable bonds is 7. The summed E-state index contributed by atoms with van der Waals surface area (Å²) < 4.78 is 5.20. The molecule has 19 heavy (non-hydrogen) atoms. The number of hydrogen-bond donors (Lipinski definition) is 2. The number of ether oxygens (including phenoxy) is 1. The zero-order chi connectivity index (χ0) is 13.1. The molecule has 3 heteroatoms. The van der Waals surface area contributed by atoms with Gasteiger partial charge in [0, 0.05) is 43.9 Å². The summed E-state index contributed by atoms with van der Waals surface area (Å²) in [6, 6.07) is 8.61. The average Bonchev–Trinajstić information content (AvgIpc) is 3.02. The molecule has 2 aromatic rings. The largest absolute Gasteiger partial charge is 0.385 e. The second-order valence-electron chi connectivity index (χ2n) is 5.70. The molecule has 3 rings (SSSR count). The molecular formula is C16H22N2O. The molecule has 0 amide bonds. The third kappa shape index (κ3) is 2.82. The summed E-state index contributed by atoms with van der Waals surface area (Å²) in [5.74, 6) is 0. The third-order valence-electron chi connectivity index (χ3n) is 4.29. The van der Waals surface area contributed by atoms with E-state index in [9.17, 15) is 0 Å². The average molecular weight is 258 g/mol. The molecule has 0 radical (unpaired) electrons. The standard InChI is InChI=1S/C16H22N2O/c1-19-10-8-16(6-7-16)12-17-11-13-3-2-4-15-14(13)5-9-18-15/h2-5,9,17-18H,6-8,10-12H2,1H3. The summed E-state index contributed by atoms with van der Waals surface area (Å²) in [6.45, 7) is 2.94. The summed E-state index contributed by atoms with van der Waals surface area (Å²) in [7, 11) is 1.79. The maximum Gasteiger partial charge on any atom is 0.0468 e. The molecule has 0 spiro atoms. The van der Waals surface area contributed by atoms with Gasteiger partial charge in [-0.1, -0.05) is 12.1 Å². The first-order valence-corrected chi connectivity index (χ1v) is 7.08. The number of H-pyrrole nitrogens is 1. The molecule has 1 aliphatic carbocycles. The molecule has 1 aromatic carbocycles. The van der Waals surface area contributed by atoms with Gasteiger partial charge in [-0.2, -0.15) is 0 Å². The van der Waals surface area contributed by atoms with Gasteiger partial charge in [0.1, 0.15) is 0 Å². The molecule has 102 valence electrons. The van der Waals surface area contributed by atoms with Gasteiger partial charge in [-0.05, 0) is 42.4 Å². The highest BCUT2D eigenvalue weighted by Gasteiger charge is 2.41. The second kappa shape index (κ2) is 5.35. The highest BCUT2D eigenvalue weighted by molar-refractivity contribution is 5.82. The number of methoxy groups -OCH3 is 1. The fraction of sp³-hybridized carbons (Fsp3) is 0.500. The molecule has 0 unspecified atom stereocenters. The summed E-state index contributed by atoms with van der Waals surface area (Å²) in [6.07, 6.45) is 5.88. The maximum atomic E-state index is 5.20. The van der Waals surface area contributed by atoms with Crippen LogP contribution < -0.4 is 5.32 Å². The lowest BCUT2D eigenvalue weighted by Crippen LogP contribution is -2.24. The van der Waals surface area contributed by atoms with Gasteiger partial charge in [0.2, 0.25) is 0 Å². The fourth-order valence-corrected chi connectivity index (χ4v) is 2.78. The Bertz CT molecular complexity index is 542. The van der Waals surface area contributed by atoms with Crippen LogP contribution in [0.5, 0.6) is 0 Å². The molecule has 0 atom stereocenters. The number of aromatic nitrogens is 1. The van der Waals surface area contributed by atoms with E-state index in [4.69, 9.17) is 4.74 Å². The van der Waals surface area contributed by atoms with E-state index in [1.807, 2.05) is 6.20 Å². The Hall–Kier alpha value is -1.32. The zero-order valence-corrected chi connectivity index (χ0v) is 11.5. The molecule has 3 nitrogen and oxygen atoms in total. The van der Waals surface area contributed by atoms with Gasteiger partial charge in [0.25, 0.3) is 0 Å². The van der Waals surface area contributed by atoms with E-state index in [1.54, 1.807) is 7.11 Å². The third-order valence-corrected chi connectivity index (χ3v) is 4.29. The van der Waals surface area contributed by atoms with E-state index in [0.29, 0.717) is 5.41 Å². The lowest BCUT2D eigenvalue weighted by Gasteiger charge is -2.15. The van der Waals surface area contributed by atoms with Crippen molar-refractivity contribution in [1.29, 1.82) is 0 Å². The number of aromatic amines is 1. The van der Waals surface area contributed by atoms with Crippen LogP contribution in [0.15, 0.2) is 30.5 Å². The van der Waals surface area contributed by atoms with Gasteiger partial charge in [-0.3, -0.25) is 0 Å². The van der Waals surface area contributed by atoms with Crippen molar-refractivity contribution < 1.29 is 4.74 Å². The van der Waals surface area contributed by atoms with Crippen molar-refractivity contribution in [3.05, 3.63) is 36.0 Å². The Morgan fingerprint density at radius 1 is 1.32 bits per heavy atom. The molecule has 1 aliphatic rings. The topological polar surface area (TPSA) is 37.0 Å². The zero-order valence-electron chi connectivity index (χ0n) is 11.5. The van der Waals surface area contributed by atoms with Crippen LogP contribution in [0.25, 0.3) is 10.9 Å². The van der Waals surface area contributed by atoms with Crippen LogP contribution in [0.1, 0.15) is 24.8 Å². The molecule has 1 aromatic heterocycles. The van der Waals surface area contributed by atoms with Gasteiger partial charge in [-0.15, -0.1) is 0 Å². The lowest BCUT2D eigenvalue weighted by atomic mass is 10.0. The van der Waals surface area contributed by atoms with E-state index < -0.39 is 0 Å². The van der Waals surface area contributed by atoms with Crippen molar-refractivity contribution in [3.63, 3.8) is 0 Å². The van der Waals surface area contributed by atoms with Gasteiger partial charge >= 0.3 is 0 Å². The van der Waals surface area contributed by atoms with Crippen LogP contribution in [0.4, 0.5) is 0 Å². The monoisotopic (exact) mass is 258 g/mol. The molecule has 0 aliphatic heterocycles. The smallest absolute Gasteiger partial charge is 0.0468 e. The first kappa shape index (κ1) is 12.7. The second-order valence-corrected chi connectivity index (χ2v) is 5.70. The van der Waals surface area contributed by atoms with Gasteiger partial charge in [-0.25, -0.2) is 0 Å². The van der Waals surface area contributed by atoms with E-state index >= 15 is 0 Å². The molecule has 0 saturated heterocycles. The van der Waals surface area contributed by atoms with Crippen molar-refractivity contribution in [3.8, 4) is 0 Å². The lowest BCUT2D eigenvalue weighted by molar-refractivity contribution is 0.171. The minimum atomic E-state index is 0.516. The molecule has 0 bridgehead atoms. The van der Waals surface area contributed by atoms with Crippen LogP contribution in [-0.2, 0) is 11.3 Å². The Morgan fingerprint density at radius 3 is 3.00 bits per heavy atom. The maximum absolute atomic E-state index is 5.20. The number of benzene rings is 1. The van der Waals surface area contributed by atoms with E-state index in [1.165, 1.54) is 35.7 Å². The molecule has 1 fully saturated rings. The van der Waals surface area contributed by atoms with Crippen LogP contribution >= 0.6 is 0 Å². The molecule has 1 heterocycles. The summed E-state index contributed by atoms with van der Waals surface area (Å²) in [5.41, 5.74) is 3.11. The van der Waals surface area contributed by atoms with Crippen LogP contribution in [0.2, 0.25) is 0 Å². The Kier molecular flexibility index (Phi) is 3.58. The van der Waals surface area contributed by atoms with E-state index in [-0.39, 0.29) is 0 Å². The first-order chi connectivity index (χ1) is 9.33. The minimum absolute atomic E-state index is 0.516.